The van der Waals surface area contributed by atoms with Crippen molar-refractivity contribution in [3.63, 3.8) is 0 Å². The van der Waals surface area contributed by atoms with Gasteiger partial charge in [0.15, 0.2) is 0 Å². The molecule has 1 aliphatic heterocycles. The number of piperazine rings is 1. The van der Waals surface area contributed by atoms with Crippen LogP contribution in [0.2, 0.25) is 0 Å². The van der Waals surface area contributed by atoms with Gasteiger partial charge in [0, 0.05) is 45.3 Å². The van der Waals surface area contributed by atoms with Gasteiger partial charge in [-0.3, -0.25) is 14.3 Å². The molecule has 2 aromatic carbocycles. The van der Waals surface area contributed by atoms with E-state index < -0.39 is 5.69 Å². The van der Waals surface area contributed by atoms with E-state index >= 15 is 0 Å². The monoisotopic (exact) mass is 425 g/mol. The number of nitrogens with two attached hydrogens (primary N) is 1. The van der Waals surface area contributed by atoms with Crippen LogP contribution in [0.3, 0.4) is 0 Å². The number of nitrogen functional groups attached to an aromatic ring is 1. The van der Waals surface area contributed by atoms with Crippen molar-refractivity contribution in [2.45, 2.75) is 6.54 Å². The molecule has 0 radical (unpaired) electrons. The molecule has 1 aliphatic rings. The average molecular weight is 425 g/mol. The van der Waals surface area contributed by atoms with Crippen LogP contribution in [-0.2, 0) is 6.54 Å². The van der Waals surface area contributed by atoms with Crippen molar-refractivity contribution in [1.82, 2.24) is 14.5 Å². The number of aromatic amines is 1. The van der Waals surface area contributed by atoms with E-state index in [1.165, 1.54) is 11.7 Å². The molecule has 1 saturated heterocycles. The van der Waals surface area contributed by atoms with Crippen molar-refractivity contribution < 1.29 is 9.47 Å². The number of nitrogens with zero attached hydrogens (tertiary/aromatic N) is 3. The number of H-pyrrole nitrogens is 1. The number of methoxy groups -OCH3 is 2. The first-order valence-corrected chi connectivity index (χ1v) is 10.2. The second-order valence-electron chi connectivity index (χ2n) is 7.53. The van der Waals surface area contributed by atoms with Gasteiger partial charge in [0.1, 0.15) is 11.5 Å². The van der Waals surface area contributed by atoms with Crippen molar-refractivity contribution in [3.05, 3.63) is 57.2 Å². The molecular weight excluding hydrogens is 398 g/mol. The van der Waals surface area contributed by atoms with Crippen molar-refractivity contribution in [2.24, 2.45) is 0 Å². The highest BCUT2D eigenvalue weighted by atomic mass is 16.5. The second kappa shape index (κ2) is 8.73. The van der Waals surface area contributed by atoms with Crippen LogP contribution in [0.25, 0.3) is 10.9 Å². The van der Waals surface area contributed by atoms with Crippen molar-refractivity contribution in [1.29, 1.82) is 0 Å². The summed E-state index contributed by atoms with van der Waals surface area (Å²) in [4.78, 5) is 32.7. The Balaban J connectivity index is 1.45. The van der Waals surface area contributed by atoms with Gasteiger partial charge in [0.05, 0.1) is 36.5 Å². The number of fused-ring (bicyclic) bond motifs is 1. The first-order chi connectivity index (χ1) is 15.0. The molecule has 0 spiro atoms. The highest BCUT2D eigenvalue weighted by Gasteiger charge is 2.20. The Morgan fingerprint density at radius 3 is 2.39 bits per heavy atom. The number of para-hydroxylation sites is 2. The average Bonchev–Trinajstić information content (AvgIpc) is 2.79. The number of hydrogen-bond acceptors (Lipinski definition) is 7. The molecule has 2 heterocycles. The summed E-state index contributed by atoms with van der Waals surface area (Å²) >= 11 is 0. The maximum Gasteiger partial charge on any atom is 0.328 e. The second-order valence-corrected chi connectivity index (χ2v) is 7.53. The minimum atomic E-state index is -0.433. The summed E-state index contributed by atoms with van der Waals surface area (Å²) in [6.45, 7) is 4.29. The Labute approximate surface area is 179 Å². The molecule has 0 aliphatic carbocycles. The van der Waals surface area contributed by atoms with E-state index in [1.807, 2.05) is 18.2 Å². The van der Waals surface area contributed by atoms with E-state index in [4.69, 9.17) is 15.2 Å². The fourth-order valence-electron chi connectivity index (χ4n) is 4.02. The number of ether oxygens (including phenoxy) is 2. The van der Waals surface area contributed by atoms with Crippen LogP contribution >= 0.6 is 0 Å². The van der Waals surface area contributed by atoms with E-state index in [2.05, 4.69) is 20.9 Å². The molecule has 1 aromatic heterocycles. The molecule has 3 N–H and O–H groups in total. The van der Waals surface area contributed by atoms with Crippen LogP contribution in [0, 0.1) is 0 Å². The van der Waals surface area contributed by atoms with Crippen LogP contribution in [0.4, 0.5) is 11.4 Å². The largest absolute Gasteiger partial charge is 0.495 e. The van der Waals surface area contributed by atoms with Gasteiger partial charge in [0.2, 0.25) is 0 Å². The van der Waals surface area contributed by atoms with Gasteiger partial charge in [-0.05, 0) is 18.2 Å². The predicted molar refractivity (Wildman–Crippen MR) is 121 cm³/mol. The Hall–Kier alpha value is -3.46. The van der Waals surface area contributed by atoms with Crippen molar-refractivity contribution in [2.75, 3.05) is 57.6 Å². The van der Waals surface area contributed by atoms with Gasteiger partial charge < -0.3 is 25.1 Å². The van der Waals surface area contributed by atoms with Gasteiger partial charge in [-0.25, -0.2) is 4.79 Å². The standard InChI is InChI=1S/C22H27N5O4/c1-30-19-6-4-3-5-18(19)26-10-7-25(8-11-26)9-12-27-21(28)15-13-16(23)20(31-2)14-17(15)24-22(27)29/h3-6,13-14H,7-12,23H2,1-2H3,(H,24,29). The molecule has 9 nitrogen and oxygen atoms in total. The number of rotatable bonds is 6. The van der Waals surface area contributed by atoms with Crippen LogP contribution in [-0.4, -0.2) is 61.4 Å². The number of nitrogens with one attached hydrogen (secondary N) is 1. The third-order valence-corrected chi connectivity index (χ3v) is 5.77. The Morgan fingerprint density at radius 1 is 0.968 bits per heavy atom. The molecule has 0 saturated carbocycles. The SMILES string of the molecule is COc1cc2[nH]c(=O)n(CCN3CCN(c4ccccc4OC)CC3)c(=O)c2cc1N. The first kappa shape index (κ1) is 20.8. The van der Waals surface area contributed by atoms with Gasteiger partial charge >= 0.3 is 5.69 Å². The minimum absolute atomic E-state index is 0.310. The fraction of sp³-hybridized carbons (Fsp3) is 0.364. The lowest BCUT2D eigenvalue weighted by molar-refractivity contribution is 0.245. The molecule has 0 bridgehead atoms. The zero-order chi connectivity index (χ0) is 22.0. The third-order valence-electron chi connectivity index (χ3n) is 5.77. The minimum Gasteiger partial charge on any atom is -0.495 e. The molecule has 164 valence electrons. The zero-order valence-electron chi connectivity index (χ0n) is 17.8. The maximum absolute atomic E-state index is 12.9. The summed E-state index contributed by atoms with van der Waals surface area (Å²) < 4.78 is 11.9. The summed E-state index contributed by atoms with van der Waals surface area (Å²) in [6, 6.07) is 11.1. The van der Waals surface area contributed by atoms with Gasteiger partial charge in [-0.15, -0.1) is 0 Å². The number of benzene rings is 2. The summed E-state index contributed by atoms with van der Waals surface area (Å²) in [5.74, 6) is 1.29. The molecule has 0 amide bonds. The topological polar surface area (TPSA) is 106 Å². The number of aromatic nitrogens is 2. The predicted octanol–water partition coefficient (Wildman–Crippen LogP) is 1.11. The third kappa shape index (κ3) is 4.09. The Bertz CT molecular complexity index is 1190. The molecule has 31 heavy (non-hydrogen) atoms. The van der Waals surface area contributed by atoms with Gasteiger partial charge in [-0.1, -0.05) is 12.1 Å². The zero-order valence-corrected chi connectivity index (χ0v) is 17.8. The van der Waals surface area contributed by atoms with Crippen molar-refractivity contribution in [3.8, 4) is 11.5 Å². The highest BCUT2D eigenvalue weighted by molar-refractivity contribution is 5.84. The normalized spacial score (nSPS) is 14.7. The molecule has 1 fully saturated rings. The lowest BCUT2D eigenvalue weighted by atomic mass is 10.2. The smallest absolute Gasteiger partial charge is 0.328 e. The fourth-order valence-corrected chi connectivity index (χ4v) is 4.02. The van der Waals surface area contributed by atoms with E-state index in [-0.39, 0.29) is 5.56 Å². The molecule has 0 atom stereocenters. The summed E-state index contributed by atoms with van der Waals surface area (Å²) in [5, 5.41) is 0.374. The molecular formula is C22H27N5O4. The van der Waals surface area contributed by atoms with Crippen LogP contribution in [0.1, 0.15) is 0 Å². The number of hydrogen-bond donors (Lipinski definition) is 2. The van der Waals surface area contributed by atoms with Crippen molar-refractivity contribution >= 4 is 22.3 Å². The number of anilines is 2. The van der Waals surface area contributed by atoms with Crippen LogP contribution < -0.4 is 31.4 Å². The summed E-state index contributed by atoms with van der Waals surface area (Å²) in [5.41, 5.74) is 7.02. The molecule has 9 heteroatoms. The van der Waals surface area contributed by atoms with E-state index in [9.17, 15) is 9.59 Å². The van der Waals surface area contributed by atoms with Crippen LogP contribution in [0.15, 0.2) is 46.0 Å². The lowest BCUT2D eigenvalue weighted by Crippen LogP contribution is -2.48. The van der Waals surface area contributed by atoms with Crippen LogP contribution in [0.5, 0.6) is 11.5 Å². The summed E-state index contributed by atoms with van der Waals surface area (Å²) in [6.07, 6.45) is 0. The summed E-state index contributed by atoms with van der Waals surface area (Å²) in [7, 11) is 3.17. The van der Waals surface area contributed by atoms with Gasteiger partial charge in [-0.2, -0.15) is 0 Å². The lowest BCUT2D eigenvalue weighted by Gasteiger charge is -2.36. The van der Waals surface area contributed by atoms with Gasteiger partial charge in [0.25, 0.3) is 5.56 Å². The maximum atomic E-state index is 12.9. The van der Waals surface area contributed by atoms with E-state index in [0.29, 0.717) is 35.4 Å². The molecule has 4 rings (SSSR count). The molecule has 0 unspecified atom stereocenters. The Kier molecular flexibility index (Phi) is 5.85. The Morgan fingerprint density at radius 2 is 1.68 bits per heavy atom. The van der Waals surface area contributed by atoms with E-state index in [1.54, 1.807) is 19.2 Å². The van der Waals surface area contributed by atoms with E-state index in [0.717, 1.165) is 37.6 Å². The molecule has 3 aromatic rings. The quantitative estimate of drug-likeness (QED) is 0.570. The highest BCUT2D eigenvalue weighted by Crippen LogP contribution is 2.28. The first-order valence-electron chi connectivity index (χ1n) is 10.2.